The van der Waals surface area contributed by atoms with Gasteiger partial charge in [-0.3, -0.25) is 0 Å². The summed E-state index contributed by atoms with van der Waals surface area (Å²) in [6, 6.07) is 12.1. The van der Waals surface area contributed by atoms with Gasteiger partial charge < -0.3 is 14.4 Å². The Hall–Kier alpha value is -1.46. The summed E-state index contributed by atoms with van der Waals surface area (Å²) >= 11 is 7.23. The van der Waals surface area contributed by atoms with Crippen molar-refractivity contribution in [3.05, 3.63) is 56.5 Å². The summed E-state index contributed by atoms with van der Waals surface area (Å²) in [6.45, 7) is 0.277. The van der Waals surface area contributed by atoms with Crippen molar-refractivity contribution in [2.75, 3.05) is 20.9 Å². The van der Waals surface area contributed by atoms with E-state index in [0.29, 0.717) is 0 Å². The lowest BCUT2D eigenvalue weighted by Crippen LogP contribution is -2.10. The Balaban J connectivity index is 2.10. The number of rotatable bonds is 3. The van der Waals surface area contributed by atoms with Crippen LogP contribution in [0, 0.1) is 0 Å². The molecule has 114 valence electrons. The zero-order chi connectivity index (χ0) is 15.7. The van der Waals surface area contributed by atoms with E-state index in [1.807, 2.05) is 44.4 Å². The minimum absolute atomic E-state index is 0.277. The van der Waals surface area contributed by atoms with Gasteiger partial charge >= 0.3 is 0 Å². The van der Waals surface area contributed by atoms with E-state index < -0.39 is 0 Å². The first kappa shape index (κ1) is 15.4. The van der Waals surface area contributed by atoms with Gasteiger partial charge in [0.25, 0.3) is 0 Å². The van der Waals surface area contributed by atoms with Gasteiger partial charge in [-0.15, -0.1) is 0 Å². The van der Waals surface area contributed by atoms with Crippen LogP contribution in [0.5, 0.6) is 11.5 Å². The van der Waals surface area contributed by atoms with E-state index in [0.717, 1.165) is 37.3 Å². The van der Waals surface area contributed by atoms with Crippen LogP contribution >= 0.6 is 31.9 Å². The van der Waals surface area contributed by atoms with E-state index in [9.17, 15) is 0 Å². The third kappa shape index (κ3) is 3.01. The Morgan fingerprint density at radius 1 is 1.05 bits per heavy atom. The molecule has 0 atom stereocenters. The van der Waals surface area contributed by atoms with Crippen molar-refractivity contribution in [2.24, 2.45) is 0 Å². The molecule has 0 saturated heterocycles. The van der Waals surface area contributed by atoms with E-state index in [2.05, 4.69) is 48.9 Å². The fourth-order valence-electron chi connectivity index (χ4n) is 2.31. The number of nitrogens with zero attached hydrogens (tertiary/aromatic N) is 1. The normalized spacial score (nSPS) is 13.4. The van der Waals surface area contributed by atoms with Crippen molar-refractivity contribution in [3.8, 4) is 11.5 Å². The van der Waals surface area contributed by atoms with Crippen LogP contribution < -0.4 is 9.47 Å². The molecule has 0 bridgehead atoms. The van der Waals surface area contributed by atoms with Gasteiger partial charge in [-0.25, -0.2) is 0 Å². The smallest absolute Gasteiger partial charge is 0.231 e. The Kier molecular flexibility index (Phi) is 4.45. The van der Waals surface area contributed by atoms with Crippen molar-refractivity contribution in [3.63, 3.8) is 0 Å². The molecule has 1 heterocycles. The SMILES string of the molecule is CN(C)/C(=C/c1cc2c(cc1Br)OCO2)c1ccccc1Br. The number of benzene rings is 2. The summed E-state index contributed by atoms with van der Waals surface area (Å²) in [6.07, 6.45) is 2.13. The highest BCUT2D eigenvalue weighted by molar-refractivity contribution is 9.10. The van der Waals surface area contributed by atoms with E-state index in [1.54, 1.807) is 0 Å². The van der Waals surface area contributed by atoms with Crippen molar-refractivity contribution in [1.29, 1.82) is 0 Å². The molecule has 0 saturated carbocycles. The maximum absolute atomic E-state index is 5.47. The molecule has 0 fully saturated rings. The second-order valence-corrected chi connectivity index (χ2v) is 6.84. The lowest BCUT2D eigenvalue weighted by molar-refractivity contribution is 0.174. The molecule has 5 heteroatoms. The van der Waals surface area contributed by atoms with Gasteiger partial charge in [0.1, 0.15) is 0 Å². The summed E-state index contributed by atoms with van der Waals surface area (Å²) in [5, 5.41) is 0. The second-order valence-electron chi connectivity index (χ2n) is 5.13. The van der Waals surface area contributed by atoms with Gasteiger partial charge in [0.05, 0.1) is 0 Å². The highest BCUT2D eigenvalue weighted by Crippen LogP contribution is 2.38. The molecule has 1 aliphatic heterocycles. The Morgan fingerprint density at radius 2 is 1.73 bits per heavy atom. The van der Waals surface area contributed by atoms with Gasteiger partial charge in [-0.05, 0) is 29.8 Å². The third-order valence-corrected chi connectivity index (χ3v) is 4.79. The minimum atomic E-state index is 0.277. The first-order valence-electron chi connectivity index (χ1n) is 6.79. The van der Waals surface area contributed by atoms with Crippen molar-refractivity contribution < 1.29 is 9.47 Å². The molecule has 0 aliphatic carbocycles. The fourth-order valence-corrected chi connectivity index (χ4v) is 3.23. The van der Waals surface area contributed by atoms with Gasteiger partial charge in [0.2, 0.25) is 6.79 Å². The van der Waals surface area contributed by atoms with Crippen LogP contribution in [0.4, 0.5) is 0 Å². The Bertz CT molecular complexity index is 741. The zero-order valence-corrected chi connectivity index (χ0v) is 15.4. The molecule has 2 aromatic rings. The number of hydrogen-bond acceptors (Lipinski definition) is 3. The van der Waals surface area contributed by atoms with Crippen LogP contribution in [0.25, 0.3) is 11.8 Å². The molecule has 0 N–H and O–H groups in total. The Labute approximate surface area is 146 Å². The van der Waals surface area contributed by atoms with E-state index in [4.69, 9.17) is 9.47 Å². The lowest BCUT2D eigenvalue weighted by atomic mass is 10.1. The highest BCUT2D eigenvalue weighted by Gasteiger charge is 2.16. The molecule has 0 radical (unpaired) electrons. The Morgan fingerprint density at radius 3 is 2.41 bits per heavy atom. The second kappa shape index (κ2) is 6.34. The molecule has 1 aliphatic rings. The van der Waals surface area contributed by atoms with Gasteiger partial charge in [-0.1, -0.05) is 50.1 Å². The summed E-state index contributed by atoms with van der Waals surface area (Å²) in [7, 11) is 4.07. The van der Waals surface area contributed by atoms with Crippen LogP contribution in [0.3, 0.4) is 0 Å². The van der Waals surface area contributed by atoms with Gasteiger partial charge in [-0.2, -0.15) is 0 Å². The maximum Gasteiger partial charge on any atom is 0.231 e. The minimum Gasteiger partial charge on any atom is -0.454 e. The van der Waals surface area contributed by atoms with Crippen LogP contribution in [0.2, 0.25) is 0 Å². The molecule has 3 rings (SSSR count). The van der Waals surface area contributed by atoms with E-state index in [-0.39, 0.29) is 6.79 Å². The summed E-state index contributed by atoms with van der Waals surface area (Å²) in [5.41, 5.74) is 3.29. The van der Waals surface area contributed by atoms with E-state index in [1.165, 1.54) is 0 Å². The van der Waals surface area contributed by atoms with Crippen LogP contribution in [0.15, 0.2) is 45.3 Å². The molecule has 0 aromatic heterocycles. The summed E-state index contributed by atoms with van der Waals surface area (Å²) < 4.78 is 12.9. The van der Waals surface area contributed by atoms with Crippen LogP contribution in [-0.4, -0.2) is 25.8 Å². The molecule has 22 heavy (non-hydrogen) atoms. The molecule has 0 spiro atoms. The van der Waals surface area contributed by atoms with Crippen LogP contribution in [0.1, 0.15) is 11.1 Å². The third-order valence-electron chi connectivity index (χ3n) is 3.42. The van der Waals surface area contributed by atoms with Crippen molar-refractivity contribution in [1.82, 2.24) is 4.90 Å². The molecular weight excluding hydrogens is 410 g/mol. The van der Waals surface area contributed by atoms with E-state index >= 15 is 0 Å². The standard InChI is InChI=1S/C17H15Br2NO2/c1-20(2)15(12-5-3-4-6-13(12)18)7-11-8-16-17(9-14(11)19)22-10-21-16/h3-9H,10H2,1-2H3/b15-7+. The largest absolute Gasteiger partial charge is 0.454 e. The molecule has 3 nitrogen and oxygen atoms in total. The predicted octanol–water partition coefficient (Wildman–Crippen LogP) is 5.00. The average Bonchev–Trinajstić information content (AvgIpc) is 2.92. The van der Waals surface area contributed by atoms with Gasteiger partial charge in [0.15, 0.2) is 11.5 Å². The van der Waals surface area contributed by atoms with Crippen LogP contribution in [-0.2, 0) is 0 Å². The van der Waals surface area contributed by atoms with Crippen molar-refractivity contribution >= 4 is 43.6 Å². The molecule has 2 aromatic carbocycles. The number of fused-ring (bicyclic) bond motifs is 1. The summed E-state index contributed by atoms with van der Waals surface area (Å²) in [5.74, 6) is 1.55. The van der Waals surface area contributed by atoms with Gasteiger partial charge in [0, 0.05) is 34.3 Å². The highest BCUT2D eigenvalue weighted by atomic mass is 79.9. The summed E-state index contributed by atoms with van der Waals surface area (Å²) in [4.78, 5) is 2.09. The number of hydrogen-bond donors (Lipinski definition) is 0. The zero-order valence-electron chi connectivity index (χ0n) is 12.3. The quantitative estimate of drug-likeness (QED) is 0.647. The molecule has 0 unspecified atom stereocenters. The topological polar surface area (TPSA) is 21.7 Å². The number of halogens is 2. The monoisotopic (exact) mass is 423 g/mol. The molecule has 0 amide bonds. The lowest BCUT2D eigenvalue weighted by Gasteiger charge is -2.19. The van der Waals surface area contributed by atoms with Crippen molar-refractivity contribution in [2.45, 2.75) is 0 Å². The molecular formula is C17H15Br2NO2. The predicted molar refractivity (Wildman–Crippen MR) is 96.0 cm³/mol. The maximum atomic E-state index is 5.47. The number of ether oxygens (including phenoxy) is 2. The average molecular weight is 425 g/mol. The first-order valence-corrected chi connectivity index (χ1v) is 8.38. The fraction of sp³-hybridized carbons (Fsp3) is 0.176. The first-order chi connectivity index (χ1) is 10.6.